The van der Waals surface area contributed by atoms with Crippen molar-refractivity contribution in [1.82, 2.24) is 5.32 Å². The van der Waals surface area contributed by atoms with Gasteiger partial charge in [0, 0.05) is 17.6 Å². The molecule has 4 nitrogen and oxygen atoms in total. The molecule has 0 heterocycles. The Labute approximate surface area is 152 Å². The second-order valence-corrected chi connectivity index (χ2v) is 5.93. The van der Waals surface area contributed by atoms with Gasteiger partial charge in [-0.2, -0.15) is 0 Å². The fourth-order valence-electron chi connectivity index (χ4n) is 2.16. The molecule has 1 N–H and O–H groups in total. The highest BCUT2D eigenvalue weighted by Gasteiger charge is 2.15. The molecule has 2 aromatic rings. The van der Waals surface area contributed by atoms with Gasteiger partial charge in [-0.3, -0.25) is 4.79 Å². The van der Waals surface area contributed by atoms with Gasteiger partial charge in [0.25, 0.3) is 5.91 Å². The number of amides is 1. The number of carbonyl (C=O) groups excluding carboxylic acids is 2. The van der Waals surface area contributed by atoms with Crippen molar-refractivity contribution in [2.75, 3.05) is 6.54 Å². The summed E-state index contributed by atoms with van der Waals surface area (Å²) in [6.07, 6.45) is 2.74. The molecule has 2 rings (SSSR count). The van der Waals surface area contributed by atoms with Crippen molar-refractivity contribution >= 4 is 29.6 Å². The average molecular weight is 358 g/mol. The van der Waals surface area contributed by atoms with Crippen LogP contribution in [-0.4, -0.2) is 24.5 Å². The zero-order chi connectivity index (χ0) is 18.1. The lowest BCUT2D eigenvalue weighted by molar-refractivity contribution is -0.150. The molecule has 2 aromatic carbocycles. The number of nitrogens with one attached hydrogen (secondary N) is 1. The number of carbonyl (C=O) groups is 2. The number of ether oxygens (including phenoxy) is 1. The van der Waals surface area contributed by atoms with Crippen molar-refractivity contribution in [3.8, 4) is 0 Å². The van der Waals surface area contributed by atoms with Gasteiger partial charge in [-0.15, -0.1) is 0 Å². The van der Waals surface area contributed by atoms with Crippen molar-refractivity contribution < 1.29 is 14.3 Å². The van der Waals surface area contributed by atoms with Gasteiger partial charge in [0.05, 0.1) is 0 Å². The van der Waals surface area contributed by atoms with E-state index >= 15 is 0 Å². The minimum atomic E-state index is -0.854. The molecule has 130 valence electrons. The predicted molar refractivity (Wildman–Crippen MR) is 99.2 cm³/mol. The molecule has 0 saturated heterocycles. The Morgan fingerprint density at radius 2 is 1.92 bits per heavy atom. The third-order valence-electron chi connectivity index (χ3n) is 3.48. The Hall–Kier alpha value is -2.59. The van der Waals surface area contributed by atoms with Gasteiger partial charge >= 0.3 is 5.97 Å². The quantitative estimate of drug-likeness (QED) is 0.608. The molecule has 0 saturated carbocycles. The number of hydrogen-bond acceptors (Lipinski definition) is 3. The lowest BCUT2D eigenvalue weighted by Crippen LogP contribution is -2.36. The smallest absolute Gasteiger partial charge is 0.331 e. The van der Waals surface area contributed by atoms with E-state index in [1.807, 2.05) is 36.4 Å². The molecule has 0 aliphatic rings. The normalized spacial score (nSPS) is 11.9. The summed E-state index contributed by atoms with van der Waals surface area (Å²) < 4.78 is 5.10. The van der Waals surface area contributed by atoms with Crippen LogP contribution in [0, 0.1) is 0 Å². The molecule has 1 amide bonds. The Kier molecular flexibility index (Phi) is 7.23. The SMILES string of the molecule is CC(OC(=O)/C=C/c1cccc(Cl)c1)C(=O)NCCc1ccccc1. The van der Waals surface area contributed by atoms with Crippen LogP contribution >= 0.6 is 11.6 Å². The van der Waals surface area contributed by atoms with Gasteiger partial charge in [0.2, 0.25) is 0 Å². The van der Waals surface area contributed by atoms with Crippen LogP contribution in [0.4, 0.5) is 0 Å². The Morgan fingerprint density at radius 3 is 2.64 bits per heavy atom. The van der Waals surface area contributed by atoms with Gasteiger partial charge < -0.3 is 10.1 Å². The molecule has 0 radical (unpaired) electrons. The van der Waals surface area contributed by atoms with Crippen LogP contribution in [0.15, 0.2) is 60.7 Å². The fraction of sp³-hybridized carbons (Fsp3) is 0.200. The molecule has 5 heteroatoms. The summed E-state index contributed by atoms with van der Waals surface area (Å²) in [5, 5.41) is 3.34. The van der Waals surface area contributed by atoms with E-state index in [1.165, 1.54) is 6.08 Å². The zero-order valence-corrected chi connectivity index (χ0v) is 14.7. The highest BCUT2D eigenvalue weighted by Crippen LogP contribution is 2.12. The maximum absolute atomic E-state index is 12.0. The summed E-state index contributed by atoms with van der Waals surface area (Å²) >= 11 is 5.88. The second-order valence-electron chi connectivity index (χ2n) is 5.49. The van der Waals surface area contributed by atoms with Crippen molar-refractivity contribution in [1.29, 1.82) is 0 Å². The molecule has 1 unspecified atom stereocenters. The number of halogens is 1. The van der Waals surface area contributed by atoms with E-state index in [0.29, 0.717) is 11.6 Å². The van der Waals surface area contributed by atoms with E-state index in [4.69, 9.17) is 16.3 Å². The van der Waals surface area contributed by atoms with E-state index in [0.717, 1.165) is 17.5 Å². The van der Waals surface area contributed by atoms with Gasteiger partial charge in [0.15, 0.2) is 6.10 Å². The minimum Gasteiger partial charge on any atom is -0.449 e. The van der Waals surface area contributed by atoms with Crippen LogP contribution in [0.25, 0.3) is 6.08 Å². The molecule has 0 aliphatic carbocycles. The standard InChI is InChI=1S/C20H20ClNO3/c1-15(20(24)22-13-12-16-6-3-2-4-7-16)25-19(23)11-10-17-8-5-9-18(21)14-17/h2-11,14-15H,12-13H2,1H3,(H,22,24)/b11-10+. The van der Waals surface area contributed by atoms with Crippen LogP contribution in [0.2, 0.25) is 5.02 Å². The first-order valence-electron chi connectivity index (χ1n) is 8.00. The second kappa shape index (κ2) is 9.64. The Bertz CT molecular complexity index is 744. The fourth-order valence-corrected chi connectivity index (χ4v) is 2.36. The monoisotopic (exact) mass is 357 g/mol. The Balaban J connectivity index is 1.75. The number of esters is 1. The molecular formula is C20H20ClNO3. The van der Waals surface area contributed by atoms with Gasteiger partial charge in [0.1, 0.15) is 0 Å². The molecule has 0 fully saturated rings. The van der Waals surface area contributed by atoms with Gasteiger partial charge in [-0.25, -0.2) is 4.79 Å². The van der Waals surface area contributed by atoms with E-state index in [2.05, 4.69) is 5.32 Å². The lowest BCUT2D eigenvalue weighted by Gasteiger charge is -2.12. The number of hydrogen-bond donors (Lipinski definition) is 1. The van der Waals surface area contributed by atoms with Crippen LogP contribution in [0.3, 0.4) is 0 Å². The summed E-state index contributed by atoms with van der Waals surface area (Å²) in [7, 11) is 0. The number of rotatable bonds is 7. The summed E-state index contributed by atoms with van der Waals surface area (Å²) in [6, 6.07) is 16.9. The van der Waals surface area contributed by atoms with Gasteiger partial charge in [-0.05, 0) is 42.7 Å². The van der Waals surface area contributed by atoms with Crippen molar-refractivity contribution in [3.63, 3.8) is 0 Å². The molecule has 1 atom stereocenters. The van der Waals surface area contributed by atoms with E-state index in [-0.39, 0.29) is 5.91 Å². The third-order valence-corrected chi connectivity index (χ3v) is 3.71. The van der Waals surface area contributed by atoms with Crippen molar-refractivity contribution in [2.24, 2.45) is 0 Å². The van der Waals surface area contributed by atoms with E-state index in [1.54, 1.807) is 31.2 Å². The molecule has 0 bridgehead atoms. The average Bonchev–Trinajstić information content (AvgIpc) is 2.61. The predicted octanol–water partition coefficient (Wildman–Crippen LogP) is 3.64. The van der Waals surface area contributed by atoms with Crippen molar-refractivity contribution in [2.45, 2.75) is 19.4 Å². The Morgan fingerprint density at radius 1 is 1.16 bits per heavy atom. The van der Waals surface area contributed by atoms with Crippen LogP contribution < -0.4 is 5.32 Å². The molecule has 0 aromatic heterocycles. The molecule has 0 aliphatic heterocycles. The maximum atomic E-state index is 12.0. The summed E-state index contributed by atoms with van der Waals surface area (Å²) in [5.41, 5.74) is 1.92. The van der Waals surface area contributed by atoms with Crippen LogP contribution in [-0.2, 0) is 20.7 Å². The third kappa shape index (κ3) is 6.81. The van der Waals surface area contributed by atoms with Crippen LogP contribution in [0.5, 0.6) is 0 Å². The van der Waals surface area contributed by atoms with E-state index in [9.17, 15) is 9.59 Å². The number of benzene rings is 2. The molecule has 25 heavy (non-hydrogen) atoms. The molecular weight excluding hydrogens is 338 g/mol. The van der Waals surface area contributed by atoms with Crippen LogP contribution in [0.1, 0.15) is 18.1 Å². The zero-order valence-electron chi connectivity index (χ0n) is 13.9. The van der Waals surface area contributed by atoms with Crippen molar-refractivity contribution in [3.05, 3.63) is 76.8 Å². The van der Waals surface area contributed by atoms with Gasteiger partial charge in [-0.1, -0.05) is 54.1 Å². The summed E-state index contributed by atoms with van der Waals surface area (Å²) in [6.45, 7) is 2.03. The largest absolute Gasteiger partial charge is 0.449 e. The minimum absolute atomic E-state index is 0.319. The first-order chi connectivity index (χ1) is 12.0. The highest BCUT2D eigenvalue weighted by molar-refractivity contribution is 6.30. The summed E-state index contributed by atoms with van der Waals surface area (Å²) in [4.78, 5) is 23.7. The topological polar surface area (TPSA) is 55.4 Å². The molecule has 0 spiro atoms. The lowest BCUT2D eigenvalue weighted by atomic mass is 10.1. The maximum Gasteiger partial charge on any atom is 0.331 e. The van der Waals surface area contributed by atoms with E-state index < -0.39 is 12.1 Å². The first-order valence-corrected chi connectivity index (χ1v) is 8.38. The summed E-state index contributed by atoms with van der Waals surface area (Å²) in [5.74, 6) is -0.897. The highest BCUT2D eigenvalue weighted by atomic mass is 35.5. The first kappa shape index (κ1) is 18.7.